The predicted molar refractivity (Wildman–Crippen MR) is 65.5 cm³/mol. The molecule has 1 aromatic carbocycles. The number of nitrogens with zero attached hydrogens (tertiary/aromatic N) is 1. The Kier molecular flexibility index (Phi) is 3.32. The molecule has 2 rings (SSSR count). The average molecular weight is 224 g/mol. The molecule has 0 bridgehead atoms. The minimum atomic E-state index is 0.606. The number of likely N-dealkylation sites (tertiary alicyclic amines) is 1. The Hall–Kier alpha value is -0.530. The molecule has 1 heterocycles. The van der Waals surface area contributed by atoms with Crippen molar-refractivity contribution >= 4 is 11.6 Å². The third-order valence-corrected chi connectivity index (χ3v) is 3.80. The minimum Gasteiger partial charge on any atom is -0.303 e. The van der Waals surface area contributed by atoms with Crippen molar-refractivity contribution in [2.75, 3.05) is 13.6 Å². The number of likely N-dealkylation sites (N-methyl/N-ethyl adjacent to an activating group) is 1. The molecule has 15 heavy (non-hydrogen) atoms. The van der Waals surface area contributed by atoms with Gasteiger partial charge in [-0.1, -0.05) is 30.7 Å². The standard InChI is InChI=1S/C13H18ClN/c1-10(13-4-3-9-15(13)2)11-5-7-12(14)8-6-11/h5-8,10,13H,3-4,9H2,1-2H3. The fourth-order valence-electron chi connectivity index (χ4n) is 2.56. The molecule has 1 aliphatic rings. The summed E-state index contributed by atoms with van der Waals surface area (Å²) in [5.41, 5.74) is 1.40. The van der Waals surface area contributed by atoms with Gasteiger partial charge in [-0.25, -0.2) is 0 Å². The van der Waals surface area contributed by atoms with Crippen LogP contribution in [-0.4, -0.2) is 24.5 Å². The van der Waals surface area contributed by atoms with E-state index >= 15 is 0 Å². The molecule has 1 saturated heterocycles. The van der Waals surface area contributed by atoms with Crippen LogP contribution in [0.2, 0.25) is 5.02 Å². The zero-order valence-corrected chi connectivity index (χ0v) is 10.2. The zero-order chi connectivity index (χ0) is 10.8. The van der Waals surface area contributed by atoms with E-state index in [9.17, 15) is 0 Å². The number of hydrogen-bond acceptors (Lipinski definition) is 1. The minimum absolute atomic E-state index is 0.606. The van der Waals surface area contributed by atoms with Crippen molar-refractivity contribution < 1.29 is 0 Å². The van der Waals surface area contributed by atoms with Gasteiger partial charge in [-0.05, 0) is 50.0 Å². The van der Waals surface area contributed by atoms with Crippen LogP contribution in [0.3, 0.4) is 0 Å². The first-order valence-electron chi connectivity index (χ1n) is 5.64. The van der Waals surface area contributed by atoms with Gasteiger partial charge in [0.25, 0.3) is 0 Å². The van der Waals surface area contributed by atoms with Gasteiger partial charge in [-0.3, -0.25) is 0 Å². The van der Waals surface area contributed by atoms with Crippen LogP contribution in [0.1, 0.15) is 31.2 Å². The first-order valence-corrected chi connectivity index (χ1v) is 6.02. The summed E-state index contributed by atoms with van der Waals surface area (Å²) in [7, 11) is 2.23. The van der Waals surface area contributed by atoms with Crippen molar-refractivity contribution in [3.8, 4) is 0 Å². The van der Waals surface area contributed by atoms with Crippen LogP contribution in [0.4, 0.5) is 0 Å². The van der Waals surface area contributed by atoms with Crippen LogP contribution in [0.25, 0.3) is 0 Å². The van der Waals surface area contributed by atoms with Crippen molar-refractivity contribution in [1.29, 1.82) is 0 Å². The molecule has 1 aromatic rings. The zero-order valence-electron chi connectivity index (χ0n) is 9.41. The summed E-state index contributed by atoms with van der Waals surface area (Å²) in [6.45, 7) is 3.55. The van der Waals surface area contributed by atoms with Crippen LogP contribution >= 0.6 is 11.6 Å². The maximum absolute atomic E-state index is 5.89. The van der Waals surface area contributed by atoms with E-state index in [4.69, 9.17) is 11.6 Å². The quantitative estimate of drug-likeness (QED) is 0.742. The number of hydrogen-bond donors (Lipinski definition) is 0. The fourth-order valence-corrected chi connectivity index (χ4v) is 2.68. The normalized spacial score (nSPS) is 24.3. The van der Waals surface area contributed by atoms with Gasteiger partial charge in [-0.15, -0.1) is 0 Å². The third-order valence-electron chi connectivity index (χ3n) is 3.55. The lowest BCUT2D eigenvalue weighted by Crippen LogP contribution is -2.29. The van der Waals surface area contributed by atoms with Crippen molar-refractivity contribution in [2.45, 2.75) is 31.7 Å². The summed E-state index contributed by atoms with van der Waals surface area (Å²) in [6, 6.07) is 8.98. The Morgan fingerprint density at radius 3 is 2.53 bits per heavy atom. The molecule has 0 amide bonds. The Bertz CT molecular complexity index is 320. The summed E-state index contributed by atoms with van der Waals surface area (Å²) in [5.74, 6) is 0.606. The fraction of sp³-hybridized carbons (Fsp3) is 0.538. The van der Waals surface area contributed by atoms with Crippen LogP contribution in [-0.2, 0) is 0 Å². The first-order chi connectivity index (χ1) is 7.18. The highest BCUT2D eigenvalue weighted by atomic mass is 35.5. The van der Waals surface area contributed by atoms with Crippen molar-refractivity contribution in [3.05, 3.63) is 34.9 Å². The molecular weight excluding hydrogens is 206 g/mol. The van der Waals surface area contributed by atoms with Crippen molar-refractivity contribution in [2.24, 2.45) is 0 Å². The van der Waals surface area contributed by atoms with Gasteiger partial charge in [0.15, 0.2) is 0 Å². The average Bonchev–Trinajstić information content (AvgIpc) is 2.65. The Morgan fingerprint density at radius 1 is 1.33 bits per heavy atom. The third kappa shape index (κ3) is 2.35. The van der Waals surface area contributed by atoms with E-state index in [1.165, 1.54) is 24.9 Å². The second kappa shape index (κ2) is 4.54. The van der Waals surface area contributed by atoms with Crippen molar-refractivity contribution in [3.63, 3.8) is 0 Å². The molecule has 82 valence electrons. The number of rotatable bonds is 2. The van der Waals surface area contributed by atoms with Gasteiger partial charge in [0.1, 0.15) is 0 Å². The van der Waals surface area contributed by atoms with Gasteiger partial charge >= 0.3 is 0 Å². The van der Waals surface area contributed by atoms with Crippen LogP contribution in [0.15, 0.2) is 24.3 Å². The van der Waals surface area contributed by atoms with E-state index in [-0.39, 0.29) is 0 Å². The highest BCUT2D eigenvalue weighted by Gasteiger charge is 2.26. The maximum Gasteiger partial charge on any atom is 0.0406 e. The molecule has 0 aliphatic carbocycles. The number of halogens is 1. The van der Waals surface area contributed by atoms with E-state index in [2.05, 4.69) is 31.0 Å². The molecule has 0 radical (unpaired) electrons. The van der Waals surface area contributed by atoms with Gasteiger partial charge in [-0.2, -0.15) is 0 Å². The van der Waals surface area contributed by atoms with E-state index in [0.717, 1.165) is 5.02 Å². The van der Waals surface area contributed by atoms with Gasteiger partial charge < -0.3 is 4.90 Å². The molecule has 1 nitrogen and oxygen atoms in total. The van der Waals surface area contributed by atoms with E-state index in [0.29, 0.717) is 12.0 Å². The smallest absolute Gasteiger partial charge is 0.0406 e. The summed E-state index contributed by atoms with van der Waals surface area (Å²) in [6.07, 6.45) is 2.65. The summed E-state index contributed by atoms with van der Waals surface area (Å²) >= 11 is 5.89. The van der Waals surface area contributed by atoms with Gasteiger partial charge in [0.05, 0.1) is 0 Å². The second-order valence-electron chi connectivity index (χ2n) is 4.53. The molecule has 0 N–H and O–H groups in total. The monoisotopic (exact) mass is 223 g/mol. The van der Waals surface area contributed by atoms with Crippen LogP contribution < -0.4 is 0 Å². The van der Waals surface area contributed by atoms with Crippen LogP contribution in [0, 0.1) is 0 Å². The Labute approximate surface area is 97.0 Å². The topological polar surface area (TPSA) is 3.24 Å². The summed E-state index contributed by atoms with van der Waals surface area (Å²) < 4.78 is 0. The molecule has 1 aliphatic heterocycles. The highest BCUT2D eigenvalue weighted by molar-refractivity contribution is 6.30. The molecule has 1 fully saturated rings. The molecule has 0 aromatic heterocycles. The Balaban J connectivity index is 2.13. The second-order valence-corrected chi connectivity index (χ2v) is 4.97. The molecule has 2 heteroatoms. The summed E-state index contributed by atoms with van der Waals surface area (Å²) in [4.78, 5) is 2.47. The highest BCUT2D eigenvalue weighted by Crippen LogP contribution is 2.30. The molecule has 2 unspecified atom stereocenters. The predicted octanol–water partition coefficient (Wildman–Crippen LogP) is 3.54. The van der Waals surface area contributed by atoms with E-state index < -0.39 is 0 Å². The van der Waals surface area contributed by atoms with Crippen molar-refractivity contribution in [1.82, 2.24) is 4.90 Å². The SMILES string of the molecule is CC(c1ccc(Cl)cc1)C1CCCN1C. The number of benzene rings is 1. The largest absolute Gasteiger partial charge is 0.303 e. The lowest BCUT2D eigenvalue weighted by molar-refractivity contribution is 0.279. The first kappa shape index (κ1) is 11.0. The Morgan fingerprint density at radius 2 is 2.00 bits per heavy atom. The molecular formula is C13H18ClN. The summed E-state index contributed by atoms with van der Waals surface area (Å²) in [5, 5.41) is 0.825. The molecule has 0 saturated carbocycles. The maximum atomic E-state index is 5.89. The molecule has 2 atom stereocenters. The lowest BCUT2D eigenvalue weighted by atomic mass is 9.92. The van der Waals surface area contributed by atoms with E-state index in [1.807, 2.05) is 12.1 Å². The van der Waals surface area contributed by atoms with E-state index in [1.54, 1.807) is 0 Å². The van der Waals surface area contributed by atoms with Gasteiger partial charge in [0.2, 0.25) is 0 Å². The van der Waals surface area contributed by atoms with Crippen LogP contribution in [0.5, 0.6) is 0 Å². The lowest BCUT2D eigenvalue weighted by Gasteiger charge is -2.26. The molecule has 0 spiro atoms. The van der Waals surface area contributed by atoms with Gasteiger partial charge in [0, 0.05) is 11.1 Å².